The van der Waals surface area contributed by atoms with Crippen LogP contribution in [0, 0.1) is 10.1 Å². The number of benzene rings is 1. The molecular formula is C13H16ClN3O3. The largest absolute Gasteiger partial charge is 0.352 e. The van der Waals surface area contributed by atoms with Gasteiger partial charge in [-0.05, 0) is 31.9 Å². The molecule has 0 bridgehead atoms. The molecule has 0 spiro atoms. The van der Waals surface area contributed by atoms with Crippen LogP contribution in [-0.4, -0.2) is 30.0 Å². The van der Waals surface area contributed by atoms with Crippen molar-refractivity contribution in [2.75, 3.05) is 13.1 Å². The van der Waals surface area contributed by atoms with Gasteiger partial charge in [0.25, 0.3) is 11.6 Å². The number of nitrogens with one attached hydrogen (secondary N) is 2. The molecule has 1 aromatic rings. The highest BCUT2D eigenvalue weighted by Gasteiger charge is 2.19. The van der Waals surface area contributed by atoms with Crippen LogP contribution in [0.1, 0.15) is 29.6 Å². The zero-order valence-corrected chi connectivity index (χ0v) is 11.7. The fourth-order valence-corrected chi connectivity index (χ4v) is 1.98. The number of nitrogens with zero attached hydrogens (tertiary/aromatic N) is 1. The lowest BCUT2D eigenvalue weighted by Gasteiger charge is -2.07. The smallest absolute Gasteiger partial charge is 0.270 e. The van der Waals surface area contributed by atoms with Crippen LogP contribution >= 0.6 is 11.6 Å². The summed E-state index contributed by atoms with van der Waals surface area (Å²) in [6.07, 6.45) is 3.28. The molecule has 0 heterocycles. The molecule has 1 aliphatic carbocycles. The second kappa shape index (κ2) is 6.67. The van der Waals surface area contributed by atoms with Gasteiger partial charge in [0.15, 0.2) is 0 Å². The summed E-state index contributed by atoms with van der Waals surface area (Å²) in [6.45, 7) is 1.37. The monoisotopic (exact) mass is 297 g/mol. The minimum absolute atomic E-state index is 0.135. The Labute approximate surface area is 121 Å². The number of nitro groups is 1. The molecule has 7 heteroatoms. The maximum absolute atomic E-state index is 11.9. The second-order valence-corrected chi connectivity index (χ2v) is 5.17. The molecule has 0 aliphatic heterocycles. The predicted molar refractivity (Wildman–Crippen MR) is 76.1 cm³/mol. The van der Waals surface area contributed by atoms with Crippen molar-refractivity contribution in [2.45, 2.75) is 25.3 Å². The molecule has 1 fully saturated rings. The van der Waals surface area contributed by atoms with Gasteiger partial charge in [-0.25, -0.2) is 0 Å². The lowest BCUT2D eigenvalue weighted by molar-refractivity contribution is -0.384. The quantitative estimate of drug-likeness (QED) is 0.459. The second-order valence-electron chi connectivity index (χ2n) is 4.76. The first-order valence-electron chi connectivity index (χ1n) is 6.53. The Morgan fingerprint density at radius 2 is 2.15 bits per heavy atom. The number of nitro benzene ring substituents is 1. The van der Waals surface area contributed by atoms with E-state index in [1.54, 1.807) is 0 Å². The van der Waals surface area contributed by atoms with Crippen LogP contribution in [0.4, 0.5) is 5.69 Å². The van der Waals surface area contributed by atoms with Gasteiger partial charge in [0.05, 0.1) is 15.5 Å². The lowest BCUT2D eigenvalue weighted by atomic mass is 10.2. The van der Waals surface area contributed by atoms with E-state index < -0.39 is 4.92 Å². The van der Waals surface area contributed by atoms with Crippen molar-refractivity contribution in [3.63, 3.8) is 0 Å². The minimum atomic E-state index is -0.549. The van der Waals surface area contributed by atoms with Crippen LogP contribution in [0.2, 0.25) is 5.02 Å². The summed E-state index contributed by atoms with van der Waals surface area (Å²) in [5.41, 5.74) is -0.00836. The fourth-order valence-electron chi connectivity index (χ4n) is 1.78. The predicted octanol–water partition coefficient (Wildman–Crippen LogP) is 2.12. The van der Waals surface area contributed by atoms with Crippen LogP contribution in [-0.2, 0) is 0 Å². The molecule has 0 unspecified atom stereocenters. The molecule has 0 atom stereocenters. The number of amides is 1. The highest BCUT2D eigenvalue weighted by molar-refractivity contribution is 6.33. The normalized spacial score (nSPS) is 14.1. The molecule has 108 valence electrons. The molecule has 1 aliphatic rings. The average Bonchev–Trinajstić information content (AvgIpc) is 3.22. The molecule has 1 amide bonds. The van der Waals surface area contributed by atoms with E-state index in [1.807, 2.05) is 0 Å². The molecule has 0 aromatic heterocycles. The van der Waals surface area contributed by atoms with E-state index in [-0.39, 0.29) is 22.2 Å². The van der Waals surface area contributed by atoms with Gasteiger partial charge >= 0.3 is 0 Å². The van der Waals surface area contributed by atoms with Crippen molar-refractivity contribution >= 4 is 23.2 Å². The van der Waals surface area contributed by atoms with Crippen molar-refractivity contribution in [3.8, 4) is 0 Å². The molecule has 2 rings (SSSR count). The van der Waals surface area contributed by atoms with Gasteiger partial charge in [0.1, 0.15) is 0 Å². The van der Waals surface area contributed by atoms with E-state index in [0.29, 0.717) is 12.6 Å². The molecule has 0 radical (unpaired) electrons. The van der Waals surface area contributed by atoms with Crippen molar-refractivity contribution in [1.82, 2.24) is 10.6 Å². The number of rotatable bonds is 7. The van der Waals surface area contributed by atoms with Crippen LogP contribution in [0.3, 0.4) is 0 Å². The first-order valence-corrected chi connectivity index (χ1v) is 6.91. The minimum Gasteiger partial charge on any atom is -0.352 e. The third-order valence-corrected chi connectivity index (χ3v) is 3.38. The van der Waals surface area contributed by atoms with Gasteiger partial charge in [-0.3, -0.25) is 14.9 Å². The maximum Gasteiger partial charge on any atom is 0.270 e. The van der Waals surface area contributed by atoms with Crippen LogP contribution in [0.5, 0.6) is 0 Å². The Kier molecular flexibility index (Phi) is 4.92. The van der Waals surface area contributed by atoms with E-state index in [9.17, 15) is 14.9 Å². The van der Waals surface area contributed by atoms with Crippen molar-refractivity contribution in [1.29, 1.82) is 0 Å². The van der Waals surface area contributed by atoms with Gasteiger partial charge in [-0.1, -0.05) is 11.6 Å². The van der Waals surface area contributed by atoms with E-state index in [2.05, 4.69) is 10.6 Å². The van der Waals surface area contributed by atoms with Crippen molar-refractivity contribution < 1.29 is 9.72 Å². The summed E-state index contributed by atoms with van der Waals surface area (Å²) in [5, 5.41) is 16.9. The van der Waals surface area contributed by atoms with Gasteiger partial charge in [-0.2, -0.15) is 0 Å². The van der Waals surface area contributed by atoms with Crippen LogP contribution < -0.4 is 10.6 Å². The molecule has 2 N–H and O–H groups in total. The highest BCUT2D eigenvalue weighted by atomic mass is 35.5. The molecule has 0 saturated heterocycles. The third-order valence-electron chi connectivity index (χ3n) is 3.05. The van der Waals surface area contributed by atoms with E-state index in [0.717, 1.165) is 13.0 Å². The van der Waals surface area contributed by atoms with Gasteiger partial charge < -0.3 is 10.6 Å². The Morgan fingerprint density at radius 3 is 2.80 bits per heavy atom. The van der Waals surface area contributed by atoms with Gasteiger partial charge in [0.2, 0.25) is 0 Å². The van der Waals surface area contributed by atoms with E-state index >= 15 is 0 Å². The van der Waals surface area contributed by atoms with E-state index in [1.165, 1.54) is 31.0 Å². The molecule has 6 nitrogen and oxygen atoms in total. The Bertz CT molecular complexity index is 518. The van der Waals surface area contributed by atoms with Gasteiger partial charge in [-0.15, -0.1) is 0 Å². The summed E-state index contributed by atoms with van der Waals surface area (Å²) < 4.78 is 0. The first kappa shape index (κ1) is 14.7. The SMILES string of the molecule is O=C(NCCCNC1CC1)c1cc([N+](=O)[O-])ccc1Cl. The zero-order valence-electron chi connectivity index (χ0n) is 10.9. The third kappa shape index (κ3) is 4.18. The Balaban J connectivity index is 1.83. The molecule has 1 saturated carbocycles. The fraction of sp³-hybridized carbons (Fsp3) is 0.462. The van der Waals surface area contributed by atoms with Crippen LogP contribution in [0.15, 0.2) is 18.2 Å². The zero-order chi connectivity index (χ0) is 14.5. The van der Waals surface area contributed by atoms with Crippen molar-refractivity contribution in [2.24, 2.45) is 0 Å². The van der Waals surface area contributed by atoms with Gasteiger partial charge in [0, 0.05) is 24.7 Å². The maximum atomic E-state index is 11.9. The molecule has 1 aromatic carbocycles. The number of carbonyl (C=O) groups is 1. The summed E-state index contributed by atoms with van der Waals surface area (Å²) >= 11 is 5.89. The molecule has 20 heavy (non-hydrogen) atoms. The molecular weight excluding hydrogens is 282 g/mol. The summed E-state index contributed by atoms with van der Waals surface area (Å²) in [4.78, 5) is 22.0. The summed E-state index contributed by atoms with van der Waals surface area (Å²) in [6, 6.07) is 4.49. The number of carbonyl (C=O) groups excluding carboxylic acids is 1. The topological polar surface area (TPSA) is 84.3 Å². The number of hydrogen-bond acceptors (Lipinski definition) is 4. The summed E-state index contributed by atoms with van der Waals surface area (Å²) in [7, 11) is 0. The highest BCUT2D eigenvalue weighted by Crippen LogP contribution is 2.22. The Morgan fingerprint density at radius 1 is 1.40 bits per heavy atom. The lowest BCUT2D eigenvalue weighted by Crippen LogP contribution is -2.28. The summed E-state index contributed by atoms with van der Waals surface area (Å²) in [5.74, 6) is -0.384. The van der Waals surface area contributed by atoms with E-state index in [4.69, 9.17) is 11.6 Å². The number of hydrogen-bond donors (Lipinski definition) is 2. The standard InChI is InChI=1S/C13H16ClN3O3/c14-12-5-4-10(17(19)20)8-11(12)13(18)16-7-1-6-15-9-2-3-9/h4-5,8-9,15H,1-3,6-7H2,(H,16,18). The first-order chi connectivity index (χ1) is 9.58. The Hall–Kier alpha value is -1.66. The number of halogens is 1. The van der Waals surface area contributed by atoms with Crippen molar-refractivity contribution in [3.05, 3.63) is 38.9 Å². The number of non-ortho nitro benzene ring substituents is 1. The average molecular weight is 298 g/mol. The van der Waals surface area contributed by atoms with Crippen LogP contribution in [0.25, 0.3) is 0 Å².